The minimum Gasteiger partial charge on any atom is -0.311 e. The smallest absolute Gasteiger partial charge is 0.225 e. The summed E-state index contributed by atoms with van der Waals surface area (Å²) < 4.78 is 2.05. The number of carbonyl (C=O) groups excluding carboxylic acids is 1. The number of anilines is 1. The van der Waals surface area contributed by atoms with Gasteiger partial charge in [0, 0.05) is 32.1 Å². The molecule has 162 valence electrons. The number of amides is 1. The van der Waals surface area contributed by atoms with Crippen molar-refractivity contribution in [2.45, 2.75) is 70.3 Å². The van der Waals surface area contributed by atoms with Crippen LogP contribution in [0.15, 0.2) is 42.6 Å². The molecule has 4 rings (SSSR count). The molecule has 2 aliphatic rings. The average Bonchev–Trinajstić information content (AvgIpc) is 3.24. The number of rotatable bonds is 8. The van der Waals surface area contributed by atoms with Crippen molar-refractivity contribution in [1.82, 2.24) is 14.7 Å². The summed E-state index contributed by atoms with van der Waals surface area (Å²) in [6.07, 6.45) is 13.5. The second-order valence-electron chi connectivity index (χ2n) is 9.08. The van der Waals surface area contributed by atoms with Gasteiger partial charge in [0.05, 0.1) is 12.2 Å². The number of nitrogens with zero attached hydrogens (tertiary/aromatic N) is 3. The van der Waals surface area contributed by atoms with Gasteiger partial charge in [0.2, 0.25) is 5.91 Å². The number of hydrogen-bond donors (Lipinski definition) is 1. The molecule has 0 radical (unpaired) electrons. The molecule has 1 amide bonds. The van der Waals surface area contributed by atoms with Gasteiger partial charge in [-0.05, 0) is 50.0 Å². The van der Waals surface area contributed by atoms with Gasteiger partial charge in [-0.2, -0.15) is 5.10 Å². The van der Waals surface area contributed by atoms with Crippen molar-refractivity contribution in [2.24, 2.45) is 5.92 Å². The number of benzene rings is 1. The van der Waals surface area contributed by atoms with E-state index in [9.17, 15) is 4.79 Å². The third-order valence-electron chi connectivity index (χ3n) is 6.79. The van der Waals surface area contributed by atoms with E-state index in [0.29, 0.717) is 12.5 Å². The van der Waals surface area contributed by atoms with Crippen LogP contribution in [0.4, 0.5) is 5.82 Å². The molecule has 5 heteroatoms. The Morgan fingerprint density at radius 1 is 1.00 bits per heavy atom. The molecule has 2 fully saturated rings. The first-order valence-corrected chi connectivity index (χ1v) is 11.9. The van der Waals surface area contributed by atoms with Crippen LogP contribution in [0.5, 0.6) is 0 Å². The van der Waals surface area contributed by atoms with Crippen molar-refractivity contribution in [3.63, 3.8) is 0 Å². The van der Waals surface area contributed by atoms with E-state index in [1.54, 1.807) is 0 Å². The molecule has 0 unspecified atom stereocenters. The quantitative estimate of drug-likeness (QED) is 0.664. The van der Waals surface area contributed by atoms with Crippen LogP contribution in [0.2, 0.25) is 0 Å². The first kappa shape index (κ1) is 21.1. The topological polar surface area (TPSA) is 50.2 Å². The molecule has 2 heterocycles. The summed E-state index contributed by atoms with van der Waals surface area (Å²) in [6.45, 7) is 3.56. The zero-order valence-electron chi connectivity index (χ0n) is 18.1. The number of nitrogens with one attached hydrogen (secondary N) is 1. The Kier molecular flexibility index (Phi) is 7.57. The number of carbonyl (C=O) groups is 1. The Bertz CT molecular complexity index is 773. The monoisotopic (exact) mass is 408 g/mol. The van der Waals surface area contributed by atoms with Gasteiger partial charge in [0.25, 0.3) is 0 Å². The number of hydrogen-bond acceptors (Lipinski definition) is 3. The van der Waals surface area contributed by atoms with Crippen molar-refractivity contribution < 1.29 is 4.79 Å². The van der Waals surface area contributed by atoms with Crippen molar-refractivity contribution in [2.75, 3.05) is 25.0 Å². The molecule has 5 nitrogen and oxygen atoms in total. The lowest BCUT2D eigenvalue weighted by Crippen LogP contribution is -2.38. The lowest BCUT2D eigenvalue weighted by atomic mass is 9.88. The van der Waals surface area contributed by atoms with E-state index < -0.39 is 0 Å². The molecule has 1 aromatic heterocycles. The van der Waals surface area contributed by atoms with E-state index in [-0.39, 0.29) is 5.91 Å². The summed E-state index contributed by atoms with van der Waals surface area (Å²) in [7, 11) is 0. The first-order valence-electron chi connectivity index (χ1n) is 11.9. The highest BCUT2D eigenvalue weighted by Crippen LogP contribution is 2.29. The molecule has 0 bridgehead atoms. The van der Waals surface area contributed by atoms with Crippen LogP contribution in [0, 0.1) is 5.92 Å². The normalized spacial score (nSPS) is 19.1. The summed E-state index contributed by atoms with van der Waals surface area (Å²) >= 11 is 0. The summed E-state index contributed by atoms with van der Waals surface area (Å²) in [6, 6.07) is 12.7. The molecule has 1 saturated heterocycles. The zero-order valence-corrected chi connectivity index (χ0v) is 18.1. The van der Waals surface area contributed by atoms with Crippen molar-refractivity contribution in [3.05, 3.63) is 48.2 Å². The highest BCUT2D eigenvalue weighted by atomic mass is 16.1. The van der Waals surface area contributed by atoms with Gasteiger partial charge < -0.3 is 10.2 Å². The Morgan fingerprint density at radius 2 is 1.77 bits per heavy atom. The minimum absolute atomic E-state index is 0.0856. The summed E-state index contributed by atoms with van der Waals surface area (Å²) in [5, 5.41) is 7.64. The van der Waals surface area contributed by atoms with Crippen LogP contribution in [0.1, 0.15) is 69.4 Å². The molecule has 2 aromatic rings. The molecule has 1 aliphatic heterocycles. The third-order valence-corrected chi connectivity index (χ3v) is 6.79. The number of likely N-dealkylation sites (tertiary alicyclic amines) is 1. The van der Waals surface area contributed by atoms with Crippen LogP contribution in [-0.4, -0.2) is 40.2 Å². The summed E-state index contributed by atoms with van der Waals surface area (Å²) in [5.74, 6) is 1.85. The molecule has 0 spiro atoms. The van der Waals surface area contributed by atoms with E-state index >= 15 is 0 Å². The van der Waals surface area contributed by atoms with Crippen LogP contribution < -0.4 is 5.32 Å². The minimum atomic E-state index is 0.0856. The fraction of sp³-hybridized carbons (Fsp3) is 0.600. The van der Waals surface area contributed by atoms with E-state index in [4.69, 9.17) is 0 Å². The van der Waals surface area contributed by atoms with E-state index in [1.807, 2.05) is 23.0 Å². The fourth-order valence-corrected chi connectivity index (χ4v) is 5.09. The molecule has 30 heavy (non-hydrogen) atoms. The lowest BCUT2D eigenvalue weighted by molar-refractivity contribution is -0.116. The van der Waals surface area contributed by atoms with Crippen LogP contribution >= 0.6 is 0 Å². The second-order valence-corrected chi connectivity index (χ2v) is 9.08. The van der Waals surface area contributed by atoms with Crippen LogP contribution in [0.3, 0.4) is 0 Å². The highest BCUT2D eigenvalue weighted by molar-refractivity contribution is 5.89. The Hall–Kier alpha value is -2.14. The first-order chi connectivity index (χ1) is 14.8. The maximum absolute atomic E-state index is 12.4. The molecular weight excluding hydrogens is 372 g/mol. The van der Waals surface area contributed by atoms with E-state index in [2.05, 4.69) is 39.6 Å². The zero-order chi connectivity index (χ0) is 20.6. The Morgan fingerprint density at radius 3 is 2.53 bits per heavy atom. The van der Waals surface area contributed by atoms with Crippen molar-refractivity contribution in [3.8, 4) is 0 Å². The van der Waals surface area contributed by atoms with Gasteiger partial charge in [0.15, 0.2) is 0 Å². The highest BCUT2D eigenvalue weighted by Gasteiger charge is 2.25. The van der Waals surface area contributed by atoms with Crippen molar-refractivity contribution >= 4 is 11.7 Å². The van der Waals surface area contributed by atoms with E-state index in [1.165, 1.54) is 44.2 Å². The Labute approximate surface area is 180 Å². The summed E-state index contributed by atoms with van der Waals surface area (Å²) in [5.41, 5.74) is 1.29. The number of aromatic nitrogens is 2. The largest absolute Gasteiger partial charge is 0.311 e. The van der Waals surface area contributed by atoms with Gasteiger partial charge in [-0.15, -0.1) is 0 Å². The number of aryl methyl sites for hydroxylation is 1. The van der Waals surface area contributed by atoms with Crippen LogP contribution in [0.25, 0.3) is 0 Å². The van der Waals surface area contributed by atoms with Gasteiger partial charge in [-0.3, -0.25) is 4.79 Å². The number of piperidine rings is 1. The predicted octanol–water partition coefficient (Wildman–Crippen LogP) is 5.06. The second kappa shape index (κ2) is 10.8. The van der Waals surface area contributed by atoms with Gasteiger partial charge in [0.1, 0.15) is 5.82 Å². The molecule has 1 N–H and O–H groups in total. The standard InChI is InChI=1S/C25H36N4O/c30-25(13-7-12-21-8-3-1-4-9-21)27-24-14-17-26-29(24)23-15-18-28(19-16-23)20-22-10-5-2-6-11-22/h1,3-4,8-9,14,17,22-23H,2,5-7,10-13,15-16,18-20H2,(H,27,30). The van der Waals surface area contributed by atoms with E-state index in [0.717, 1.165) is 50.5 Å². The summed E-state index contributed by atoms with van der Waals surface area (Å²) in [4.78, 5) is 15.1. The van der Waals surface area contributed by atoms with Gasteiger partial charge >= 0.3 is 0 Å². The predicted molar refractivity (Wildman–Crippen MR) is 122 cm³/mol. The fourth-order valence-electron chi connectivity index (χ4n) is 5.09. The Balaban J connectivity index is 1.21. The molecule has 1 aliphatic carbocycles. The SMILES string of the molecule is O=C(CCCc1ccccc1)Nc1ccnn1C1CCN(CC2CCCCC2)CC1. The third kappa shape index (κ3) is 5.94. The van der Waals surface area contributed by atoms with Gasteiger partial charge in [-0.25, -0.2) is 4.68 Å². The molecular formula is C25H36N4O. The molecule has 1 saturated carbocycles. The molecule has 0 atom stereocenters. The molecule has 1 aromatic carbocycles. The van der Waals surface area contributed by atoms with Gasteiger partial charge in [-0.1, -0.05) is 49.6 Å². The van der Waals surface area contributed by atoms with Crippen LogP contribution in [-0.2, 0) is 11.2 Å². The average molecular weight is 409 g/mol. The maximum Gasteiger partial charge on any atom is 0.225 e. The van der Waals surface area contributed by atoms with Crippen molar-refractivity contribution in [1.29, 1.82) is 0 Å². The lowest BCUT2D eigenvalue weighted by Gasteiger charge is -2.35. The maximum atomic E-state index is 12.4.